The Morgan fingerprint density at radius 3 is 2.36 bits per heavy atom. The Labute approximate surface area is 192 Å². The summed E-state index contributed by atoms with van der Waals surface area (Å²) >= 11 is 1.82. The van der Waals surface area contributed by atoms with E-state index >= 15 is 0 Å². The number of pyridine rings is 1. The molecule has 4 heterocycles. The fourth-order valence-electron chi connectivity index (χ4n) is 5.38. The monoisotopic (exact) mass is 440 g/mol. The first-order valence-electron chi connectivity index (χ1n) is 11.0. The van der Waals surface area contributed by atoms with Gasteiger partial charge in [-0.2, -0.15) is 0 Å². The Morgan fingerprint density at radius 1 is 0.697 bits per heavy atom. The van der Waals surface area contributed by atoms with Gasteiger partial charge in [0.25, 0.3) is 0 Å². The maximum atomic E-state index is 6.57. The van der Waals surface area contributed by atoms with Crippen molar-refractivity contribution in [2.45, 2.75) is 0 Å². The van der Waals surface area contributed by atoms with Crippen molar-refractivity contribution in [1.29, 1.82) is 0 Å². The highest BCUT2D eigenvalue weighted by molar-refractivity contribution is 7.27. The van der Waals surface area contributed by atoms with E-state index in [-0.39, 0.29) is 0 Å². The van der Waals surface area contributed by atoms with Gasteiger partial charge in [-0.05, 0) is 30.3 Å². The van der Waals surface area contributed by atoms with Gasteiger partial charge in [-0.3, -0.25) is 4.98 Å². The summed E-state index contributed by atoms with van der Waals surface area (Å²) in [4.78, 5) is 4.44. The van der Waals surface area contributed by atoms with Crippen LogP contribution in [0.25, 0.3) is 69.6 Å². The number of benzene rings is 4. The summed E-state index contributed by atoms with van der Waals surface area (Å²) in [6.07, 6.45) is 3.76. The molecule has 0 N–H and O–H groups in total. The average molecular weight is 441 g/mol. The average Bonchev–Trinajstić information content (AvgIpc) is 3.54. The summed E-state index contributed by atoms with van der Waals surface area (Å²) in [5.41, 5.74) is 5.29. The molecule has 4 heteroatoms. The van der Waals surface area contributed by atoms with Crippen LogP contribution in [0.15, 0.2) is 102 Å². The zero-order valence-corrected chi connectivity index (χ0v) is 18.3. The molecule has 0 aliphatic rings. The van der Waals surface area contributed by atoms with Crippen LogP contribution >= 0.6 is 11.3 Å². The lowest BCUT2D eigenvalue weighted by atomic mass is 10.0. The van der Waals surface area contributed by atoms with Crippen molar-refractivity contribution in [1.82, 2.24) is 9.55 Å². The van der Waals surface area contributed by atoms with Crippen LogP contribution in [0.1, 0.15) is 0 Å². The van der Waals surface area contributed by atoms with Crippen molar-refractivity contribution < 1.29 is 4.42 Å². The minimum absolute atomic E-state index is 0.918. The summed E-state index contributed by atoms with van der Waals surface area (Å²) in [5, 5.41) is 7.39. The molecule has 0 saturated carbocycles. The third-order valence-corrected chi connectivity index (χ3v) is 7.83. The minimum atomic E-state index is 0.918. The molecular weight excluding hydrogens is 424 g/mol. The predicted molar refractivity (Wildman–Crippen MR) is 139 cm³/mol. The van der Waals surface area contributed by atoms with Crippen LogP contribution in [0.5, 0.6) is 0 Å². The number of rotatable bonds is 1. The van der Waals surface area contributed by atoms with Gasteiger partial charge in [0.15, 0.2) is 5.58 Å². The van der Waals surface area contributed by atoms with E-state index < -0.39 is 0 Å². The minimum Gasteiger partial charge on any atom is -0.454 e. The number of hydrogen-bond donors (Lipinski definition) is 0. The number of hydrogen-bond acceptors (Lipinski definition) is 3. The Bertz CT molecular complexity index is 2030. The molecule has 0 atom stereocenters. The Balaban J connectivity index is 1.81. The molecule has 0 aliphatic carbocycles. The van der Waals surface area contributed by atoms with Gasteiger partial charge in [-0.25, -0.2) is 0 Å². The summed E-state index contributed by atoms with van der Waals surface area (Å²) in [5.74, 6) is 0. The van der Waals surface area contributed by atoms with Gasteiger partial charge in [0, 0.05) is 37.8 Å². The number of furan rings is 1. The van der Waals surface area contributed by atoms with Gasteiger partial charge < -0.3 is 8.98 Å². The second-order valence-corrected chi connectivity index (χ2v) is 9.44. The lowest BCUT2D eigenvalue weighted by Gasteiger charge is -2.08. The second kappa shape index (κ2) is 6.21. The molecule has 8 aromatic rings. The van der Waals surface area contributed by atoms with E-state index in [2.05, 4.69) is 82.3 Å². The smallest absolute Gasteiger partial charge is 0.155 e. The zero-order valence-electron chi connectivity index (χ0n) is 17.4. The zero-order chi connectivity index (χ0) is 21.5. The molecule has 0 saturated heterocycles. The first kappa shape index (κ1) is 17.4. The fourth-order valence-corrected chi connectivity index (χ4v) is 6.58. The van der Waals surface area contributed by atoms with Crippen molar-refractivity contribution in [2.75, 3.05) is 0 Å². The van der Waals surface area contributed by atoms with Gasteiger partial charge in [-0.1, -0.05) is 54.6 Å². The molecular formula is C29H16N2OS. The maximum Gasteiger partial charge on any atom is 0.155 e. The molecule has 0 unspecified atom stereocenters. The van der Waals surface area contributed by atoms with Crippen LogP contribution in [0.3, 0.4) is 0 Å². The number of thiophene rings is 1. The van der Waals surface area contributed by atoms with E-state index in [4.69, 9.17) is 4.42 Å². The fraction of sp³-hybridized carbons (Fsp3) is 0. The first-order valence-corrected chi connectivity index (χ1v) is 11.8. The number of para-hydroxylation sites is 2. The Morgan fingerprint density at radius 2 is 1.48 bits per heavy atom. The number of fused-ring (bicyclic) bond motifs is 12. The third-order valence-electron chi connectivity index (χ3n) is 6.66. The lowest BCUT2D eigenvalue weighted by molar-refractivity contribution is 0.673. The van der Waals surface area contributed by atoms with Crippen LogP contribution in [0, 0.1) is 0 Å². The largest absolute Gasteiger partial charge is 0.454 e. The van der Waals surface area contributed by atoms with Gasteiger partial charge in [0.1, 0.15) is 5.58 Å². The van der Waals surface area contributed by atoms with E-state index in [1.54, 1.807) is 0 Å². The summed E-state index contributed by atoms with van der Waals surface area (Å²) < 4.78 is 11.4. The Kier molecular flexibility index (Phi) is 3.28. The molecule has 4 aromatic heterocycles. The van der Waals surface area contributed by atoms with Gasteiger partial charge in [-0.15, -0.1) is 11.3 Å². The summed E-state index contributed by atoms with van der Waals surface area (Å²) in [6, 6.07) is 29.9. The first-order chi connectivity index (χ1) is 16.4. The van der Waals surface area contributed by atoms with E-state index in [1.807, 2.05) is 35.9 Å². The Hall–Kier alpha value is -4.15. The maximum absolute atomic E-state index is 6.57. The quantitative estimate of drug-likeness (QED) is 0.256. The van der Waals surface area contributed by atoms with E-state index in [1.165, 1.54) is 47.4 Å². The SMILES string of the molecule is c1cncc(-n2c3ccccc3c3c4c5ccccc5sc4c4oc5ccccc5c4c32)c1. The standard InChI is InChI=1S/C29H16N2OS/c1-4-12-21-18(9-1)24-25-20-11-3-6-14-23(20)33-29(25)28-26(19-10-2-5-13-22(19)32-28)27(24)31(21)17-8-7-15-30-16-17/h1-16H. The highest BCUT2D eigenvalue weighted by Gasteiger charge is 2.25. The molecule has 4 aromatic carbocycles. The highest BCUT2D eigenvalue weighted by atomic mass is 32.1. The van der Waals surface area contributed by atoms with Crippen LogP contribution in [0.4, 0.5) is 0 Å². The van der Waals surface area contributed by atoms with Crippen molar-refractivity contribution in [3.05, 3.63) is 97.3 Å². The topological polar surface area (TPSA) is 31.0 Å². The highest BCUT2D eigenvalue weighted by Crippen LogP contribution is 2.50. The van der Waals surface area contributed by atoms with Gasteiger partial charge >= 0.3 is 0 Å². The molecule has 154 valence electrons. The van der Waals surface area contributed by atoms with Crippen LogP contribution in [-0.4, -0.2) is 9.55 Å². The summed E-state index contributed by atoms with van der Waals surface area (Å²) in [7, 11) is 0. The normalized spacial score (nSPS) is 12.2. The molecule has 0 bridgehead atoms. The molecule has 0 aliphatic heterocycles. The van der Waals surface area contributed by atoms with Gasteiger partial charge in [0.05, 0.1) is 33.0 Å². The molecule has 3 nitrogen and oxygen atoms in total. The molecule has 0 radical (unpaired) electrons. The lowest BCUT2D eigenvalue weighted by Crippen LogP contribution is -1.94. The van der Waals surface area contributed by atoms with Crippen molar-refractivity contribution in [2.24, 2.45) is 0 Å². The van der Waals surface area contributed by atoms with E-state index in [0.717, 1.165) is 22.2 Å². The molecule has 33 heavy (non-hydrogen) atoms. The molecule has 0 fully saturated rings. The van der Waals surface area contributed by atoms with Crippen molar-refractivity contribution >= 4 is 75.3 Å². The van der Waals surface area contributed by atoms with E-state index in [0.29, 0.717) is 0 Å². The second-order valence-electron chi connectivity index (χ2n) is 8.39. The molecule has 8 rings (SSSR count). The predicted octanol–water partition coefficient (Wildman–Crippen LogP) is 8.45. The van der Waals surface area contributed by atoms with Crippen LogP contribution < -0.4 is 0 Å². The van der Waals surface area contributed by atoms with Crippen molar-refractivity contribution in [3.8, 4) is 5.69 Å². The van der Waals surface area contributed by atoms with Crippen LogP contribution in [0.2, 0.25) is 0 Å². The summed E-state index contributed by atoms with van der Waals surface area (Å²) in [6.45, 7) is 0. The number of aromatic nitrogens is 2. The molecule has 0 amide bonds. The van der Waals surface area contributed by atoms with Crippen LogP contribution in [-0.2, 0) is 0 Å². The number of nitrogens with zero attached hydrogens (tertiary/aromatic N) is 2. The third kappa shape index (κ3) is 2.16. The van der Waals surface area contributed by atoms with Gasteiger partial charge in [0.2, 0.25) is 0 Å². The van der Waals surface area contributed by atoms with E-state index in [9.17, 15) is 0 Å². The van der Waals surface area contributed by atoms with Crippen molar-refractivity contribution in [3.63, 3.8) is 0 Å². The molecule has 0 spiro atoms.